The Balaban J connectivity index is 1.47. The molecule has 1 N–H and O–H groups in total. The molecule has 0 aromatic carbocycles. The van der Waals surface area contributed by atoms with E-state index >= 15 is 0 Å². The minimum Gasteiger partial charge on any atom is -0.377 e. The van der Waals surface area contributed by atoms with Crippen LogP contribution in [-0.2, 0) is 4.74 Å². The molecule has 1 aliphatic carbocycles. The summed E-state index contributed by atoms with van der Waals surface area (Å²) < 4.78 is 5.79. The number of hydrogen-bond acceptors (Lipinski definition) is 3. The second-order valence-electron chi connectivity index (χ2n) is 6.39. The van der Waals surface area contributed by atoms with E-state index in [-0.39, 0.29) is 0 Å². The second kappa shape index (κ2) is 8.93. The number of hydrogen-bond donors (Lipinski definition) is 1. The molecule has 19 heavy (non-hydrogen) atoms. The number of ether oxygens (including phenoxy) is 1. The molecule has 3 nitrogen and oxygen atoms in total. The highest BCUT2D eigenvalue weighted by Crippen LogP contribution is 2.17. The van der Waals surface area contributed by atoms with Gasteiger partial charge in [-0.1, -0.05) is 19.3 Å². The molecule has 0 amide bonds. The zero-order valence-corrected chi connectivity index (χ0v) is 12.7. The largest absolute Gasteiger partial charge is 0.377 e. The van der Waals surface area contributed by atoms with Gasteiger partial charge in [0.15, 0.2) is 0 Å². The van der Waals surface area contributed by atoms with Gasteiger partial charge < -0.3 is 15.0 Å². The van der Waals surface area contributed by atoms with Crippen LogP contribution in [0.1, 0.15) is 57.8 Å². The first-order valence-corrected chi connectivity index (χ1v) is 8.38. The maximum Gasteiger partial charge on any atom is 0.0701 e. The first kappa shape index (κ1) is 15.3. The van der Waals surface area contributed by atoms with Gasteiger partial charge >= 0.3 is 0 Å². The Labute approximate surface area is 119 Å². The van der Waals surface area contributed by atoms with Gasteiger partial charge in [0.05, 0.1) is 6.10 Å². The zero-order valence-electron chi connectivity index (χ0n) is 12.7. The van der Waals surface area contributed by atoms with Gasteiger partial charge in [-0.3, -0.25) is 0 Å². The van der Waals surface area contributed by atoms with Gasteiger partial charge in [-0.2, -0.15) is 0 Å². The van der Waals surface area contributed by atoms with Crippen LogP contribution in [0, 0.1) is 0 Å². The van der Waals surface area contributed by atoms with Crippen LogP contribution in [0.5, 0.6) is 0 Å². The zero-order chi connectivity index (χ0) is 13.3. The summed E-state index contributed by atoms with van der Waals surface area (Å²) in [5.74, 6) is 0. The third-order valence-electron chi connectivity index (χ3n) is 4.54. The van der Waals surface area contributed by atoms with Crippen molar-refractivity contribution >= 4 is 0 Å². The molecular weight excluding hydrogens is 236 g/mol. The highest BCUT2D eigenvalue weighted by Gasteiger charge is 2.16. The Hall–Kier alpha value is -0.120. The summed E-state index contributed by atoms with van der Waals surface area (Å²) in [6, 6.07) is 0.806. The summed E-state index contributed by atoms with van der Waals surface area (Å²) in [5.41, 5.74) is 0. The van der Waals surface area contributed by atoms with E-state index < -0.39 is 0 Å². The Morgan fingerprint density at radius 3 is 2.58 bits per heavy atom. The minimum absolute atomic E-state index is 0.491. The van der Waals surface area contributed by atoms with Crippen molar-refractivity contribution in [2.75, 3.05) is 33.3 Å². The molecule has 112 valence electrons. The third kappa shape index (κ3) is 6.24. The lowest BCUT2D eigenvalue weighted by atomic mass is 9.95. The molecule has 2 rings (SSSR count). The van der Waals surface area contributed by atoms with Crippen LogP contribution in [0.4, 0.5) is 0 Å². The lowest BCUT2D eigenvalue weighted by Crippen LogP contribution is -2.36. The van der Waals surface area contributed by atoms with Gasteiger partial charge in [-0.15, -0.1) is 0 Å². The summed E-state index contributed by atoms with van der Waals surface area (Å²) in [4.78, 5) is 2.44. The molecule has 1 saturated heterocycles. The molecular formula is C16H32N2O. The molecule has 1 unspecified atom stereocenters. The van der Waals surface area contributed by atoms with Crippen LogP contribution in [0.15, 0.2) is 0 Å². The quantitative estimate of drug-likeness (QED) is 0.719. The van der Waals surface area contributed by atoms with E-state index in [4.69, 9.17) is 4.74 Å². The van der Waals surface area contributed by atoms with E-state index in [1.807, 2.05) is 0 Å². The molecule has 0 spiro atoms. The predicted octanol–water partition coefficient (Wildman–Crippen LogP) is 2.80. The van der Waals surface area contributed by atoms with Crippen molar-refractivity contribution in [3.63, 3.8) is 0 Å². The summed E-state index contributed by atoms with van der Waals surface area (Å²) in [6.45, 7) is 4.46. The normalized spacial score (nSPS) is 25.9. The number of rotatable bonds is 7. The monoisotopic (exact) mass is 268 g/mol. The Bertz CT molecular complexity index is 223. The van der Waals surface area contributed by atoms with Gasteiger partial charge in [0.1, 0.15) is 0 Å². The molecule has 2 fully saturated rings. The predicted molar refractivity (Wildman–Crippen MR) is 80.6 cm³/mol. The van der Waals surface area contributed by atoms with Gasteiger partial charge in [0.25, 0.3) is 0 Å². The van der Waals surface area contributed by atoms with Gasteiger partial charge in [-0.05, 0) is 58.7 Å². The van der Waals surface area contributed by atoms with Gasteiger partial charge in [0, 0.05) is 19.2 Å². The summed E-state index contributed by atoms with van der Waals surface area (Å²) in [6.07, 6.45) is 12.7. The smallest absolute Gasteiger partial charge is 0.0701 e. The van der Waals surface area contributed by atoms with Crippen LogP contribution in [0.2, 0.25) is 0 Å². The SMILES string of the molecule is CN(CCCNC1CCCCC1)CC1CCCCO1. The van der Waals surface area contributed by atoms with Crippen molar-refractivity contribution in [1.82, 2.24) is 10.2 Å². The molecule has 1 heterocycles. The van der Waals surface area contributed by atoms with E-state index in [1.54, 1.807) is 0 Å². The molecule has 0 bridgehead atoms. The number of nitrogens with one attached hydrogen (secondary N) is 1. The molecule has 2 aliphatic rings. The van der Waals surface area contributed by atoms with E-state index in [0.717, 1.165) is 19.2 Å². The van der Waals surface area contributed by atoms with Crippen LogP contribution in [-0.4, -0.2) is 50.3 Å². The van der Waals surface area contributed by atoms with Crippen LogP contribution < -0.4 is 5.32 Å². The summed E-state index contributed by atoms with van der Waals surface area (Å²) in [5, 5.41) is 3.72. The summed E-state index contributed by atoms with van der Waals surface area (Å²) >= 11 is 0. The molecule has 0 aromatic rings. The molecule has 0 aromatic heterocycles. The van der Waals surface area contributed by atoms with E-state index in [1.165, 1.54) is 70.9 Å². The van der Waals surface area contributed by atoms with E-state index in [0.29, 0.717) is 6.10 Å². The van der Waals surface area contributed by atoms with Gasteiger partial charge in [-0.25, -0.2) is 0 Å². The lowest BCUT2D eigenvalue weighted by molar-refractivity contribution is -0.00154. The average molecular weight is 268 g/mol. The van der Waals surface area contributed by atoms with E-state index in [9.17, 15) is 0 Å². The van der Waals surface area contributed by atoms with Crippen molar-refractivity contribution in [3.8, 4) is 0 Å². The molecule has 3 heteroatoms. The first-order chi connectivity index (χ1) is 9.34. The van der Waals surface area contributed by atoms with Crippen LogP contribution >= 0.6 is 0 Å². The number of nitrogens with zero attached hydrogens (tertiary/aromatic N) is 1. The van der Waals surface area contributed by atoms with Crippen molar-refractivity contribution < 1.29 is 4.74 Å². The Morgan fingerprint density at radius 2 is 1.84 bits per heavy atom. The third-order valence-corrected chi connectivity index (χ3v) is 4.54. The minimum atomic E-state index is 0.491. The molecule has 0 radical (unpaired) electrons. The van der Waals surface area contributed by atoms with Crippen molar-refractivity contribution in [2.45, 2.75) is 69.9 Å². The maximum absolute atomic E-state index is 5.79. The highest BCUT2D eigenvalue weighted by molar-refractivity contribution is 4.72. The Morgan fingerprint density at radius 1 is 1.05 bits per heavy atom. The first-order valence-electron chi connectivity index (χ1n) is 8.38. The summed E-state index contributed by atoms with van der Waals surface area (Å²) in [7, 11) is 2.23. The fourth-order valence-corrected chi connectivity index (χ4v) is 3.35. The van der Waals surface area contributed by atoms with Crippen molar-refractivity contribution in [1.29, 1.82) is 0 Å². The van der Waals surface area contributed by atoms with Crippen molar-refractivity contribution in [3.05, 3.63) is 0 Å². The second-order valence-corrected chi connectivity index (χ2v) is 6.39. The standard InChI is InChI=1S/C16H32N2O/c1-18(14-16-10-5-6-13-19-16)12-7-11-17-15-8-3-2-4-9-15/h15-17H,2-14H2,1H3. The van der Waals surface area contributed by atoms with Crippen LogP contribution in [0.25, 0.3) is 0 Å². The van der Waals surface area contributed by atoms with Crippen LogP contribution in [0.3, 0.4) is 0 Å². The maximum atomic E-state index is 5.79. The number of likely N-dealkylation sites (N-methyl/N-ethyl adjacent to an activating group) is 1. The lowest BCUT2D eigenvalue weighted by Gasteiger charge is -2.28. The Kier molecular flexibility index (Phi) is 7.18. The molecule has 1 aliphatic heterocycles. The highest BCUT2D eigenvalue weighted by atomic mass is 16.5. The fourth-order valence-electron chi connectivity index (χ4n) is 3.35. The molecule has 1 atom stereocenters. The van der Waals surface area contributed by atoms with Gasteiger partial charge in [0.2, 0.25) is 0 Å². The average Bonchev–Trinajstić information content (AvgIpc) is 2.46. The van der Waals surface area contributed by atoms with E-state index in [2.05, 4.69) is 17.3 Å². The fraction of sp³-hybridized carbons (Fsp3) is 1.00. The van der Waals surface area contributed by atoms with Crippen molar-refractivity contribution in [2.24, 2.45) is 0 Å². The molecule has 1 saturated carbocycles. The topological polar surface area (TPSA) is 24.5 Å².